The number of nitrogens with two attached hydrogens (primary N) is 1. The van der Waals surface area contributed by atoms with Gasteiger partial charge in [-0.1, -0.05) is 35.3 Å². The average molecular weight is 283 g/mol. The van der Waals surface area contributed by atoms with E-state index in [-0.39, 0.29) is 6.04 Å². The van der Waals surface area contributed by atoms with Crippen LogP contribution < -0.4 is 11.1 Å². The van der Waals surface area contributed by atoms with Gasteiger partial charge in [-0.2, -0.15) is 0 Å². The van der Waals surface area contributed by atoms with Gasteiger partial charge in [0.15, 0.2) is 10.3 Å². The normalized spacial score (nSPS) is 12.2. The van der Waals surface area contributed by atoms with Crippen molar-refractivity contribution >= 4 is 34.6 Å². The molecule has 0 aliphatic heterocycles. The molecular weight excluding hydrogens is 271 g/mol. The molecule has 1 aromatic carbocycles. The molecule has 0 saturated heterocycles. The molecule has 6 heteroatoms. The van der Waals surface area contributed by atoms with E-state index in [1.165, 1.54) is 0 Å². The van der Waals surface area contributed by atoms with Crippen molar-refractivity contribution in [1.29, 1.82) is 0 Å². The maximum absolute atomic E-state index is 5.94. The molecule has 1 atom stereocenters. The van der Waals surface area contributed by atoms with E-state index in [1.54, 1.807) is 6.07 Å². The van der Waals surface area contributed by atoms with E-state index in [2.05, 4.69) is 15.5 Å². The first-order valence-electron chi connectivity index (χ1n) is 5.37. The minimum Gasteiger partial charge on any atom is -0.399 e. The predicted octanol–water partition coefficient (Wildman–Crippen LogP) is 3.54. The van der Waals surface area contributed by atoms with Crippen molar-refractivity contribution < 1.29 is 0 Å². The van der Waals surface area contributed by atoms with E-state index in [9.17, 15) is 0 Å². The molecule has 1 unspecified atom stereocenters. The molecule has 4 nitrogen and oxygen atoms in total. The van der Waals surface area contributed by atoms with E-state index in [1.807, 2.05) is 31.2 Å². The number of aromatic nitrogens is 2. The molecule has 0 saturated carbocycles. The first-order chi connectivity index (χ1) is 8.56. The van der Waals surface area contributed by atoms with Gasteiger partial charge in [-0.25, -0.2) is 0 Å². The van der Waals surface area contributed by atoms with Crippen molar-refractivity contribution in [1.82, 2.24) is 10.2 Å². The fraction of sp³-hybridized carbons (Fsp3) is 0.167. The highest BCUT2D eigenvalue weighted by molar-refractivity contribution is 6.33. The van der Waals surface area contributed by atoms with E-state index in [0.717, 1.165) is 11.3 Å². The fourth-order valence-corrected chi connectivity index (χ4v) is 1.85. The van der Waals surface area contributed by atoms with Crippen LogP contribution in [0.15, 0.2) is 30.3 Å². The van der Waals surface area contributed by atoms with Gasteiger partial charge in [-0.05, 0) is 24.6 Å². The van der Waals surface area contributed by atoms with Gasteiger partial charge in [-0.3, -0.25) is 0 Å². The molecule has 0 spiro atoms. The summed E-state index contributed by atoms with van der Waals surface area (Å²) in [5.74, 6) is 0. The third-order valence-corrected chi connectivity index (χ3v) is 2.99. The molecule has 2 aromatic rings. The van der Waals surface area contributed by atoms with Crippen LogP contribution in [0.2, 0.25) is 10.3 Å². The summed E-state index contributed by atoms with van der Waals surface area (Å²) in [6.45, 7) is 2.01. The van der Waals surface area contributed by atoms with Crippen LogP contribution in [0.3, 0.4) is 0 Å². The molecule has 0 fully saturated rings. The van der Waals surface area contributed by atoms with Crippen LogP contribution in [0.4, 0.5) is 11.4 Å². The minimum absolute atomic E-state index is 0.0587. The number of benzene rings is 1. The smallest absolute Gasteiger partial charge is 0.174 e. The minimum atomic E-state index is 0.0587. The Morgan fingerprint density at radius 3 is 2.50 bits per heavy atom. The number of anilines is 2. The summed E-state index contributed by atoms with van der Waals surface area (Å²) in [4.78, 5) is 0. The third-order valence-electron chi connectivity index (χ3n) is 2.53. The molecule has 18 heavy (non-hydrogen) atoms. The third kappa shape index (κ3) is 3.03. The Morgan fingerprint density at radius 2 is 1.83 bits per heavy atom. The summed E-state index contributed by atoms with van der Waals surface area (Å²) in [5.41, 5.74) is 8.12. The molecule has 0 amide bonds. The molecule has 3 N–H and O–H groups in total. The summed E-state index contributed by atoms with van der Waals surface area (Å²) >= 11 is 11.7. The number of nitrogens with one attached hydrogen (secondary N) is 1. The van der Waals surface area contributed by atoms with Crippen LogP contribution >= 0.6 is 23.2 Å². The second-order valence-corrected chi connectivity index (χ2v) is 4.65. The molecule has 2 rings (SSSR count). The van der Waals surface area contributed by atoms with E-state index in [4.69, 9.17) is 28.9 Å². The quantitative estimate of drug-likeness (QED) is 0.846. The zero-order valence-electron chi connectivity index (χ0n) is 9.69. The summed E-state index contributed by atoms with van der Waals surface area (Å²) < 4.78 is 0. The Labute approximate surface area is 115 Å². The van der Waals surface area contributed by atoms with Gasteiger partial charge in [0.05, 0.1) is 5.69 Å². The number of hydrogen-bond acceptors (Lipinski definition) is 4. The standard InChI is InChI=1S/C12H12Cl2N4/c1-7(8-2-4-9(15)5-3-8)16-10-6-11(13)17-18-12(10)14/h2-7H,15H2,1H3,(H,16,17). The van der Waals surface area contributed by atoms with Gasteiger partial charge < -0.3 is 11.1 Å². The lowest BCUT2D eigenvalue weighted by Gasteiger charge is -2.16. The highest BCUT2D eigenvalue weighted by Gasteiger charge is 2.09. The van der Waals surface area contributed by atoms with Crippen LogP contribution in [-0.2, 0) is 0 Å². The van der Waals surface area contributed by atoms with Crippen LogP contribution in [0.25, 0.3) is 0 Å². The van der Waals surface area contributed by atoms with Crippen molar-refractivity contribution in [2.75, 3.05) is 11.1 Å². The molecule has 0 aliphatic rings. The Kier molecular flexibility index (Phi) is 3.89. The van der Waals surface area contributed by atoms with E-state index in [0.29, 0.717) is 16.0 Å². The lowest BCUT2D eigenvalue weighted by molar-refractivity contribution is 0.878. The highest BCUT2D eigenvalue weighted by Crippen LogP contribution is 2.26. The van der Waals surface area contributed by atoms with E-state index >= 15 is 0 Å². The van der Waals surface area contributed by atoms with Crippen molar-refractivity contribution in [2.24, 2.45) is 0 Å². The molecular formula is C12H12Cl2N4. The van der Waals surface area contributed by atoms with Gasteiger partial charge in [0, 0.05) is 17.8 Å². The Bertz CT molecular complexity index is 542. The number of rotatable bonds is 3. The van der Waals surface area contributed by atoms with Gasteiger partial charge in [0.2, 0.25) is 0 Å². The SMILES string of the molecule is CC(Nc1cc(Cl)nnc1Cl)c1ccc(N)cc1. The zero-order valence-corrected chi connectivity index (χ0v) is 11.2. The van der Waals surface area contributed by atoms with Gasteiger partial charge >= 0.3 is 0 Å². The summed E-state index contributed by atoms with van der Waals surface area (Å²) in [6, 6.07) is 9.32. The topological polar surface area (TPSA) is 63.8 Å². The van der Waals surface area contributed by atoms with Gasteiger partial charge in [0.25, 0.3) is 0 Å². The Hall–Kier alpha value is -1.52. The molecule has 0 radical (unpaired) electrons. The maximum Gasteiger partial charge on any atom is 0.174 e. The summed E-state index contributed by atoms with van der Waals surface area (Å²) in [5, 5.41) is 11.2. The maximum atomic E-state index is 5.94. The van der Waals surface area contributed by atoms with Gasteiger partial charge in [0.1, 0.15) is 0 Å². The van der Waals surface area contributed by atoms with Crippen LogP contribution in [0, 0.1) is 0 Å². The highest BCUT2D eigenvalue weighted by atomic mass is 35.5. The monoisotopic (exact) mass is 282 g/mol. The lowest BCUT2D eigenvalue weighted by atomic mass is 10.1. The number of nitrogens with zero attached hydrogens (tertiary/aromatic N) is 2. The first-order valence-corrected chi connectivity index (χ1v) is 6.12. The average Bonchev–Trinajstić information content (AvgIpc) is 2.34. The van der Waals surface area contributed by atoms with Crippen molar-refractivity contribution in [3.05, 3.63) is 46.2 Å². The lowest BCUT2D eigenvalue weighted by Crippen LogP contribution is -2.08. The van der Waals surface area contributed by atoms with Crippen molar-refractivity contribution in [2.45, 2.75) is 13.0 Å². The second kappa shape index (κ2) is 5.42. The number of halogens is 2. The summed E-state index contributed by atoms with van der Waals surface area (Å²) in [6.07, 6.45) is 0. The van der Waals surface area contributed by atoms with E-state index < -0.39 is 0 Å². The molecule has 0 bridgehead atoms. The zero-order chi connectivity index (χ0) is 13.1. The molecule has 94 valence electrons. The Morgan fingerprint density at radius 1 is 1.17 bits per heavy atom. The molecule has 1 heterocycles. The summed E-state index contributed by atoms with van der Waals surface area (Å²) in [7, 11) is 0. The first kappa shape index (κ1) is 12.9. The van der Waals surface area contributed by atoms with Crippen molar-refractivity contribution in [3.8, 4) is 0 Å². The second-order valence-electron chi connectivity index (χ2n) is 3.90. The van der Waals surface area contributed by atoms with Gasteiger partial charge in [-0.15, -0.1) is 10.2 Å². The fourth-order valence-electron chi connectivity index (χ4n) is 1.56. The number of nitrogen functional groups attached to an aromatic ring is 1. The molecule has 0 aliphatic carbocycles. The number of hydrogen-bond donors (Lipinski definition) is 2. The van der Waals surface area contributed by atoms with Crippen molar-refractivity contribution in [3.63, 3.8) is 0 Å². The van der Waals surface area contributed by atoms with Crippen LogP contribution in [0.5, 0.6) is 0 Å². The molecule has 1 aromatic heterocycles. The predicted molar refractivity (Wildman–Crippen MR) is 74.9 cm³/mol. The van der Waals surface area contributed by atoms with Crippen LogP contribution in [0.1, 0.15) is 18.5 Å². The van der Waals surface area contributed by atoms with Crippen LogP contribution in [-0.4, -0.2) is 10.2 Å². The largest absolute Gasteiger partial charge is 0.399 e. The Balaban J connectivity index is 2.18.